The average Bonchev–Trinajstić information content (AvgIpc) is 3.40. The second-order valence-corrected chi connectivity index (χ2v) is 25.2. The van der Waals surface area contributed by atoms with Crippen molar-refractivity contribution in [2.45, 2.75) is 321 Å². The maximum absolute atomic E-state index is 13.0. The monoisotopic (exact) mass is 1110 g/mol. The number of amides is 1. The fraction of sp³-hybridized carbons (Fsp3) is 0.812. The fourth-order valence-electron chi connectivity index (χ4n) is 9.77. The highest BCUT2D eigenvalue weighted by Gasteiger charge is 2.23. The normalized spacial score (nSPS) is 14.2. The number of aliphatic hydroxyl groups excluding tert-OH is 1. The third-order valence-corrected chi connectivity index (χ3v) is 15.9. The first-order valence-corrected chi connectivity index (χ1v) is 34.8. The molecule has 78 heavy (non-hydrogen) atoms. The lowest BCUT2D eigenvalue weighted by Gasteiger charge is -2.29. The van der Waals surface area contributed by atoms with E-state index in [9.17, 15) is 19.4 Å². The van der Waals surface area contributed by atoms with Gasteiger partial charge in [0.2, 0.25) is 5.91 Å². The van der Waals surface area contributed by atoms with Crippen LogP contribution in [-0.2, 0) is 18.4 Å². The Balaban J connectivity index is 3.94. The Morgan fingerprint density at radius 2 is 0.782 bits per heavy atom. The molecule has 0 rings (SSSR count). The van der Waals surface area contributed by atoms with Crippen molar-refractivity contribution in [2.24, 2.45) is 0 Å². The lowest BCUT2D eigenvalue weighted by atomic mass is 10.0. The molecule has 0 saturated carbocycles. The minimum Gasteiger partial charge on any atom is -0.756 e. The van der Waals surface area contributed by atoms with Gasteiger partial charge in [0.25, 0.3) is 7.82 Å². The highest BCUT2D eigenvalue weighted by atomic mass is 31.2. The number of quaternary nitrogens is 1. The number of carbonyl (C=O) groups is 1. The zero-order valence-corrected chi connectivity index (χ0v) is 53.0. The zero-order chi connectivity index (χ0) is 57.0. The van der Waals surface area contributed by atoms with Gasteiger partial charge in [0, 0.05) is 6.42 Å². The van der Waals surface area contributed by atoms with Crippen LogP contribution in [0.15, 0.2) is 72.9 Å². The molecule has 0 radical (unpaired) electrons. The summed E-state index contributed by atoms with van der Waals surface area (Å²) < 4.78 is 23.4. The van der Waals surface area contributed by atoms with E-state index in [4.69, 9.17) is 9.05 Å². The number of allylic oxidation sites excluding steroid dienone is 11. The van der Waals surface area contributed by atoms with E-state index in [-0.39, 0.29) is 19.1 Å². The molecule has 0 heterocycles. The molecular formula is C69H129N2O6P. The predicted octanol–water partition coefficient (Wildman–Crippen LogP) is 20.4. The quantitative estimate of drug-likeness (QED) is 0.0272. The molecule has 2 N–H and O–H groups in total. The SMILES string of the molecule is CC/C=C\C/C=C\C/C=C\C/C=C\C/C=C\CCCCCCCCCCCCCCCCCCCCCCCCCC(=O)NC(COP(=O)([O-])OCC[N+](C)(C)C)C(O)/C=C/CCCCCCCCCCCCCCCCC. The number of unbranched alkanes of at least 4 members (excludes halogenated alkanes) is 38. The first kappa shape index (κ1) is 75.9. The minimum atomic E-state index is -4.60. The molecule has 0 fully saturated rings. The van der Waals surface area contributed by atoms with Crippen molar-refractivity contribution in [3.05, 3.63) is 72.9 Å². The third-order valence-electron chi connectivity index (χ3n) is 14.9. The Bertz CT molecular complexity index is 1500. The van der Waals surface area contributed by atoms with E-state index in [0.29, 0.717) is 17.4 Å². The number of nitrogens with zero attached hydrogens (tertiary/aromatic N) is 1. The number of phosphoric acid groups is 1. The van der Waals surface area contributed by atoms with Crippen molar-refractivity contribution < 1.29 is 32.9 Å². The number of likely N-dealkylation sites (N-methyl/N-ethyl adjacent to an activating group) is 1. The van der Waals surface area contributed by atoms with Crippen molar-refractivity contribution >= 4 is 13.7 Å². The lowest BCUT2D eigenvalue weighted by molar-refractivity contribution is -0.870. The topological polar surface area (TPSA) is 108 Å². The lowest BCUT2D eigenvalue weighted by Crippen LogP contribution is -2.45. The Kier molecular flexibility index (Phi) is 58.0. The molecule has 0 spiro atoms. The summed E-state index contributed by atoms with van der Waals surface area (Å²) in [5, 5.41) is 13.9. The van der Waals surface area contributed by atoms with Gasteiger partial charge in [-0.05, 0) is 64.2 Å². The number of carbonyl (C=O) groups excluding carboxylic acids is 1. The smallest absolute Gasteiger partial charge is 0.268 e. The van der Waals surface area contributed by atoms with E-state index >= 15 is 0 Å². The summed E-state index contributed by atoms with van der Waals surface area (Å²) >= 11 is 0. The minimum absolute atomic E-state index is 0.000371. The van der Waals surface area contributed by atoms with Crippen LogP contribution in [0.5, 0.6) is 0 Å². The van der Waals surface area contributed by atoms with Crippen LogP contribution in [0.3, 0.4) is 0 Å². The highest BCUT2D eigenvalue weighted by Crippen LogP contribution is 2.38. The molecule has 0 aromatic rings. The third kappa shape index (κ3) is 61.6. The molecule has 0 saturated heterocycles. The van der Waals surface area contributed by atoms with Crippen LogP contribution in [0.1, 0.15) is 309 Å². The fourth-order valence-corrected chi connectivity index (χ4v) is 10.5. The second-order valence-electron chi connectivity index (χ2n) is 23.8. The Labute approximate surface area is 484 Å². The van der Waals surface area contributed by atoms with Crippen LogP contribution in [0, 0.1) is 0 Å². The molecule has 0 aromatic carbocycles. The van der Waals surface area contributed by atoms with Gasteiger partial charge in [-0.2, -0.15) is 0 Å². The average molecular weight is 1110 g/mol. The molecule has 0 aromatic heterocycles. The summed E-state index contributed by atoms with van der Waals surface area (Å²) in [5.74, 6) is -0.193. The number of hydrogen-bond acceptors (Lipinski definition) is 6. The summed E-state index contributed by atoms with van der Waals surface area (Å²) in [6.45, 7) is 4.57. The number of rotatable bonds is 61. The molecule has 0 aliphatic rings. The van der Waals surface area contributed by atoms with Crippen LogP contribution < -0.4 is 10.2 Å². The van der Waals surface area contributed by atoms with E-state index in [1.165, 1.54) is 218 Å². The van der Waals surface area contributed by atoms with Gasteiger partial charge in [0.1, 0.15) is 13.2 Å². The molecule has 3 atom stereocenters. The molecule has 8 nitrogen and oxygen atoms in total. The van der Waals surface area contributed by atoms with Gasteiger partial charge in [0.15, 0.2) is 0 Å². The maximum Gasteiger partial charge on any atom is 0.268 e. The number of hydrogen-bond donors (Lipinski definition) is 2. The molecule has 0 aliphatic carbocycles. The Hall–Kier alpha value is -2.06. The summed E-state index contributed by atoms with van der Waals surface area (Å²) in [6.07, 6.45) is 83.0. The Morgan fingerprint density at radius 1 is 0.462 bits per heavy atom. The number of nitrogens with one attached hydrogen (secondary N) is 1. The first-order valence-electron chi connectivity index (χ1n) is 33.3. The van der Waals surface area contributed by atoms with E-state index in [1.807, 2.05) is 27.2 Å². The van der Waals surface area contributed by atoms with Gasteiger partial charge in [-0.3, -0.25) is 9.36 Å². The standard InChI is InChI=1S/C69H129N2O6P/c1-6-8-10-12-14-16-18-20-22-24-25-26-27-28-29-30-31-32-33-34-35-36-37-38-39-40-41-42-43-44-45-47-49-51-53-55-57-59-61-63-69(73)70-67(66-77-78(74,75)76-65-64-71(3,4)5)68(72)62-60-58-56-54-52-50-48-46-23-21-19-17-15-13-11-9-7-2/h8,10,14,16,20,22,25-26,28-29,60,62,67-68,72H,6-7,9,11-13,15,17-19,21,23-24,27,30-59,61,63-66H2,1-5H3,(H-,70,73,74,75)/b10-8-,16-14-,22-20-,26-25-,29-28-,62-60+. The number of aliphatic hydroxyl groups is 1. The van der Waals surface area contributed by atoms with Crippen LogP contribution in [0.4, 0.5) is 0 Å². The maximum atomic E-state index is 13.0. The van der Waals surface area contributed by atoms with Crippen molar-refractivity contribution in [1.29, 1.82) is 0 Å². The van der Waals surface area contributed by atoms with E-state index in [0.717, 1.165) is 70.6 Å². The van der Waals surface area contributed by atoms with Crippen molar-refractivity contribution in [1.82, 2.24) is 5.32 Å². The predicted molar refractivity (Wildman–Crippen MR) is 339 cm³/mol. The van der Waals surface area contributed by atoms with E-state index < -0.39 is 20.0 Å². The van der Waals surface area contributed by atoms with E-state index in [2.05, 4.69) is 79.9 Å². The van der Waals surface area contributed by atoms with Gasteiger partial charge in [0.05, 0.1) is 39.9 Å². The highest BCUT2D eigenvalue weighted by molar-refractivity contribution is 7.45. The summed E-state index contributed by atoms with van der Waals surface area (Å²) in [6, 6.07) is -0.887. The van der Waals surface area contributed by atoms with Gasteiger partial charge < -0.3 is 28.8 Å². The number of phosphoric ester groups is 1. The first-order chi connectivity index (χ1) is 38.0. The van der Waals surface area contributed by atoms with Crippen molar-refractivity contribution in [3.8, 4) is 0 Å². The summed E-state index contributed by atoms with van der Waals surface area (Å²) in [4.78, 5) is 25.6. The van der Waals surface area contributed by atoms with Crippen LogP contribution in [-0.4, -0.2) is 68.5 Å². The summed E-state index contributed by atoms with van der Waals surface area (Å²) in [7, 11) is 1.27. The van der Waals surface area contributed by atoms with Gasteiger partial charge in [-0.25, -0.2) is 0 Å². The molecule has 0 aliphatic heterocycles. The van der Waals surface area contributed by atoms with Crippen LogP contribution >= 0.6 is 7.82 Å². The zero-order valence-electron chi connectivity index (χ0n) is 52.1. The van der Waals surface area contributed by atoms with Crippen LogP contribution in [0.25, 0.3) is 0 Å². The Morgan fingerprint density at radius 3 is 1.14 bits per heavy atom. The molecule has 456 valence electrons. The largest absolute Gasteiger partial charge is 0.756 e. The molecular weight excluding hydrogens is 984 g/mol. The molecule has 1 amide bonds. The second kappa shape index (κ2) is 59.6. The molecule has 9 heteroatoms. The van der Waals surface area contributed by atoms with Crippen LogP contribution in [0.2, 0.25) is 0 Å². The van der Waals surface area contributed by atoms with Crippen molar-refractivity contribution in [2.75, 3.05) is 40.9 Å². The van der Waals surface area contributed by atoms with Gasteiger partial charge in [-0.15, -0.1) is 0 Å². The van der Waals surface area contributed by atoms with Gasteiger partial charge in [-0.1, -0.05) is 311 Å². The molecule has 0 bridgehead atoms. The summed E-state index contributed by atoms with van der Waals surface area (Å²) in [5.41, 5.74) is 0. The van der Waals surface area contributed by atoms with Gasteiger partial charge >= 0.3 is 0 Å². The van der Waals surface area contributed by atoms with Crippen molar-refractivity contribution in [3.63, 3.8) is 0 Å². The van der Waals surface area contributed by atoms with E-state index in [1.54, 1.807) is 6.08 Å². The molecule has 3 unspecified atom stereocenters.